The minimum absolute atomic E-state index is 0.245. The molecule has 29 heavy (non-hydrogen) atoms. The molecular weight excluding hydrogens is 435 g/mol. The van der Waals surface area contributed by atoms with Crippen molar-refractivity contribution in [3.8, 4) is 11.5 Å². The summed E-state index contributed by atoms with van der Waals surface area (Å²) in [5, 5.41) is 3.85. The van der Waals surface area contributed by atoms with Crippen LogP contribution in [0.25, 0.3) is 6.08 Å². The molecule has 150 valence electrons. The number of nitrogens with zero attached hydrogens (tertiary/aromatic N) is 1. The van der Waals surface area contributed by atoms with Gasteiger partial charge in [0.25, 0.3) is 5.91 Å². The lowest BCUT2D eigenvalue weighted by Gasteiger charge is -2.12. The maximum atomic E-state index is 12.0. The molecule has 0 atom stereocenters. The first-order valence-electron chi connectivity index (χ1n) is 8.40. The highest BCUT2D eigenvalue weighted by Gasteiger charge is 2.22. The standard InChI is InChI=1S/C20H16Cl2N2O4S/c1-11(25)23-20-24-19(26)18(29-20)8-12-3-6-16(17(7-12)27-2)28-10-13-4-5-14(21)9-15(13)22/h3-9H,10H2,1-2H3,(H,23,24,25,26)/b18-8-. The summed E-state index contributed by atoms with van der Waals surface area (Å²) >= 11 is 13.2. The van der Waals surface area contributed by atoms with Crippen LogP contribution in [0, 0.1) is 0 Å². The Morgan fingerprint density at radius 3 is 2.69 bits per heavy atom. The quantitative estimate of drug-likeness (QED) is 0.668. The summed E-state index contributed by atoms with van der Waals surface area (Å²) in [4.78, 5) is 27.3. The third kappa shape index (κ3) is 5.53. The zero-order valence-electron chi connectivity index (χ0n) is 15.5. The van der Waals surface area contributed by atoms with Gasteiger partial charge in [-0.15, -0.1) is 0 Å². The van der Waals surface area contributed by atoms with Crippen LogP contribution in [-0.2, 0) is 16.2 Å². The Bertz CT molecular complexity index is 1040. The molecule has 1 heterocycles. The van der Waals surface area contributed by atoms with E-state index in [0.29, 0.717) is 26.4 Å². The monoisotopic (exact) mass is 450 g/mol. The molecule has 1 N–H and O–H groups in total. The van der Waals surface area contributed by atoms with Gasteiger partial charge in [0.1, 0.15) is 6.61 Å². The molecule has 3 rings (SSSR count). The molecule has 0 bridgehead atoms. The second-order valence-corrected chi connectivity index (χ2v) is 7.82. The first kappa shape index (κ1) is 21.2. The third-order valence-electron chi connectivity index (χ3n) is 3.79. The average Bonchev–Trinajstić information content (AvgIpc) is 2.99. The fraction of sp³-hybridized carbons (Fsp3) is 0.150. The van der Waals surface area contributed by atoms with Gasteiger partial charge in [0.2, 0.25) is 5.91 Å². The topological polar surface area (TPSA) is 77.0 Å². The maximum absolute atomic E-state index is 12.0. The average molecular weight is 451 g/mol. The fourth-order valence-corrected chi connectivity index (χ4v) is 3.77. The zero-order chi connectivity index (χ0) is 21.0. The van der Waals surface area contributed by atoms with Crippen molar-refractivity contribution in [1.82, 2.24) is 5.32 Å². The van der Waals surface area contributed by atoms with Crippen LogP contribution < -0.4 is 14.8 Å². The van der Waals surface area contributed by atoms with E-state index in [1.54, 1.807) is 42.5 Å². The molecular formula is C20H16Cl2N2O4S. The van der Waals surface area contributed by atoms with Crippen molar-refractivity contribution in [1.29, 1.82) is 0 Å². The van der Waals surface area contributed by atoms with Gasteiger partial charge in [0.05, 0.1) is 12.0 Å². The third-order valence-corrected chi connectivity index (χ3v) is 5.27. The van der Waals surface area contributed by atoms with E-state index < -0.39 is 5.91 Å². The Kier molecular flexibility index (Phi) is 6.84. The molecule has 9 heteroatoms. The van der Waals surface area contributed by atoms with Crippen molar-refractivity contribution in [3.05, 3.63) is 62.5 Å². The number of carbonyl (C=O) groups is 2. The summed E-state index contributed by atoms with van der Waals surface area (Å²) in [6, 6.07) is 10.5. The maximum Gasteiger partial charge on any atom is 0.286 e. The number of aliphatic imine (C=N–C) groups is 1. The van der Waals surface area contributed by atoms with Gasteiger partial charge in [-0.2, -0.15) is 4.99 Å². The van der Waals surface area contributed by atoms with Gasteiger partial charge in [0.15, 0.2) is 16.7 Å². The second-order valence-electron chi connectivity index (χ2n) is 5.95. The van der Waals surface area contributed by atoms with Crippen LogP contribution in [0.4, 0.5) is 0 Å². The lowest BCUT2D eigenvalue weighted by molar-refractivity contribution is -0.117. The highest BCUT2D eigenvalue weighted by molar-refractivity contribution is 8.18. The number of amides is 2. The van der Waals surface area contributed by atoms with E-state index in [0.717, 1.165) is 22.9 Å². The van der Waals surface area contributed by atoms with Crippen LogP contribution in [0.5, 0.6) is 11.5 Å². The van der Waals surface area contributed by atoms with E-state index in [-0.39, 0.29) is 17.7 Å². The number of benzene rings is 2. The molecule has 0 fully saturated rings. The second kappa shape index (κ2) is 9.35. The Balaban J connectivity index is 1.74. The van der Waals surface area contributed by atoms with Gasteiger partial charge in [-0.3, -0.25) is 9.59 Å². The van der Waals surface area contributed by atoms with Crippen LogP contribution in [0.15, 0.2) is 46.3 Å². The zero-order valence-corrected chi connectivity index (χ0v) is 17.8. The minimum atomic E-state index is -0.407. The number of methoxy groups -OCH3 is 1. The van der Waals surface area contributed by atoms with E-state index in [1.807, 2.05) is 0 Å². The molecule has 2 aromatic rings. The molecule has 0 saturated carbocycles. The smallest absolute Gasteiger partial charge is 0.286 e. The number of amidine groups is 1. The van der Waals surface area contributed by atoms with Crippen LogP contribution >= 0.6 is 35.0 Å². The van der Waals surface area contributed by atoms with Crippen LogP contribution in [0.2, 0.25) is 10.0 Å². The Morgan fingerprint density at radius 1 is 1.21 bits per heavy atom. The van der Waals surface area contributed by atoms with E-state index in [1.165, 1.54) is 14.0 Å². The summed E-state index contributed by atoms with van der Waals surface area (Å²) in [5.74, 6) is 0.342. The number of hydrogen-bond acceptors (Lipinski definition) is 5. The number of ether oxygens (including phenoxy) is 2. The summed E-state index contributed by atoms with van der Waals surface area (Å²) in [6.45, 7) is 1.60. The minimum Gasteiger partial charge on any atom is -0.493 e. The number of hydrogen-bond donors (Lipinski definition) is 1. The summed E-state index contributed by atoms with van der Waals surface area (Å²) in [6.07, 6.45) is 1.67. The number of halogens is 2. The van der Waals surface area contributed by atoms with E-state index in [4.69, 9.17) is 32.7 Å². The van der Waals surface area contributed by atoms with Crippen molar-refractivity contribution < 1.29 is 19.1 Å². The van der Waals surface area contributed by atoms with Crippen molar-refractivity contribution in [2.24, 2.45) is 4.99 Å². The molecule has 6 nitrogen and oxygen atoms in total. The summed E-state index contributed by atoms with van der Waals surface area (Å²) < 4.78 is 11.2. The predicted octanol–water partition coefficient (Wildman–Crippen LogP) is 4.69. The SMILES string of the molecule is COc1cc(/C=C2\SC(NC(C)=O)=NC2=O)ccc1OCc1ccc(Cl)cc1Cl. The first-order chi connectivity index (χ1) is 13.9. The molecule has 0 saturated heterocycles. The summed E-state index contributed by atoms with van der Waals surface area (Å²) in [5.41, 5.74) is 1.52. The predicted molar refractivity (Wildman–Crippen MR) is 116 cm³/mol. The number of thioether (sulfide) groups is 1. The molecule has 2 amide bonds. The molecule has 0 aromatic heterocycles. The largest absolute Gasteiger partial charge is 0.493 e. The molecule has 1 aliphatic rings. The van der Waals surface area contributed by atoms with Gasteiger partial charge in [0, 0.05) is 22.5 Å². The Hall–Kier alpha value is -2.48. The van der Waals surface area contributed by atoms with Gasteiger partial charge in [-0.1, -0.05) is 35.3 Å². The molecule has 0 aliphatic carbocycles. The van der Waals surface area contributed by atoms with Gasteiger partial charge < -0.3 is 14.8 Å². The van der Waals surface area contributed by atoms with Crippen molar-refractivity contribution in [2.75, 3.05) is 7.11 Å². The van der Waals surface area contributed by atoms with Crippen molar-refractivity contribution in [2.45, 2.75) is 13.5 Å². The fourth-order valence-electron chi connectivity index (χ4n) is 2.45. The molecule has 0 spiro atoms. The number of nitrogens with one attached hydrogen (secondary N) is 1. The Labute approximate surface area is 181 Å². The first-order valence-corrected chi connectivity index (χ1v) is 9.98. The normalized spacial score (nSPS) is 14.7. The van der Waals surface area contributed by atoms with Gasteiger partial charge in [-0.25, -0.2) is 0 Å². The van der Waals surface area contributed by atoms with E-state index >= 15 is 0 Å². The highest BCUT2D eigenvalue weighted by Crippen LogP contribution is 2.33. The molecule has 0 radical (unpaired) electrons. The van der Waals surface area contributed by atoms with Gasteiger partial charge >= 0.3 is 0 Å². The van der Waals surface area contributed by atoms with Crippen LogP contribution in [0.3, 0.4) is 0 Å². The molecule has 1 aliphatic heterocycles. The molecule has 2 aromatic carbocycles. The number of carbonyl (C=O) groups excluding carboxylic acids is 2. The summed E-state index contributed by atoms with van der Waals surface area (Å²) in [7, 11) is 1.53. The lowest BCUT2D eigenvalue weighted by Crippen LogP contribution is -2.23. The van der Waals surface area contributed by atoms with E-state index in [9.17, 15) is 9.59 Å². The Morgan fingerprint density at radius 2 is 2.00 bits per heavy atom. The lowest BCUT2D eigenvalue weighted by atomic mass is 10.2. The van der Waals surface area contributed by atoms with Crippen molar-refractivity contribution >= 4 is 58.0 Å². The van der Waals surface area contributed by atoms with E-state index in [2.05, 4.69) is 10.3 Å². The van der Waals surface area contributed by atoms with Crippen molar-refractivity contribution in [3.63, 3.8) is 0 Å². The highest BCUT2D eigenvalue weighted by atomic mass is 35.5. The van der Waals surface area contributed by atoms with Crippen LogP contribution in [-0.4, -0.2) is 24.1 Å². The molecule has 0 unspecified atom stereocenters. The number of rotatable bonds is 5. The van der Waals surface area contributed by atoms with Gasteiger partial charge in [-0.05, 0) is 47.7 Å². The van der Waals surface area contributed by atoms with Crippen LogP contribution in [0.1, 0.15) is 18.1 Å².